The fourth-order valence-corrected chi connectivity index (χ4v) is 2.78. The summed E-state index contributed by atoms with van der Waals surface area (Å²) in [4.78, 5) is 4.93. The third-order valence-electron chi connectivity index (χ3n) is 3.79. The van der Waals surface area contributed by atoms with Crippen molar-refractivity contribution in [2.75, 3.05) is 14.2 Å². The van der Waals surface area contributed by atoms with Crippen LogP contribution in [0.4, 0.5) is 0 Å². The van der Waals surface area contributed by atoms with E-state index in [1.54, 1.807) is 14.2 Å². The molecule has 3 nitrogen and oxygen atoms in total. The standard InChI is InChI=1S/C15H23NO2/c1-17-15-9-8-13(10-14(15)11-16-18-2)12-6-4-3-5-7-12/h8-10,12,16H,3-7,11H2,1-2H3. The Labute approximate surface area is 109 Å². The van der Waals surface area contributed by atoms with Crippen molar-refractivity contribution in [3.05, 3.63) is 29.3 Å². The van der Waals surface area contributed by atoms with Crippen molar-refractivity contribution in [1.29, 1.82) is 0 Å². The molecule has 1 aliphatic rings. The summed E-state index contributed by atoms with van der Waals surface area (Å²) in [5.74, 6) is 1.66. The Balaban J connectivity index is 2.15. The van der Waals surface area contributed by atoms with Crippen molar-refractivity contribution in [1.82, 2.24) is 5.48 Å². The maximum atomic E-state index is 5.39. The van der Waals surface area contributed by atoms with Crippen molar-refractivity contribution >= 4 is 0 Å². The first-order valence-electron chi connectivity index (χ1n) is 6.78. The minimum atomic E-state index is 0.681. The van der Waals surface area contributed by atoms with Crippen LogP contribution < -0.4 is 10.2 Å². The lowest BCUT2D eigenvalue weighted by Gasteiger charge is -2.23. The van der Waals surface area contributed by atoms with E-state index < -0.39 is 0 Å². The number of methoxy groups -OCH3 is 1. The molecule has 18 heavy (non-hydrogen) atoms. The number of rotatable bonds is 5. The van der Waals surface area contributed by atoms with E-state index in [9.17, 15) is 0 Å². The molecule has 3 heteroatoms. The Hall–Kier alpha value is -1.06. The van der Waals surface area contributed by atoms with Gasteiger partial charge in [-0.1, -0.05) is 31.4 Å². The number of ether oxygens (including phenoxy) is 1. The number of hydrogen-bond donors (Lipinski definition) is 1. The molecule has 0 heterocycles. The molecule has 1 fully saturated rings. The van der Waals surface area contributed by atoms with Crippen molar-refractivity contribution in [2.24, 2.45) is 0 Å². The largest absolute Gasteiger partial charge is 0.496 e. The van der Waals surface area contributed by atoms with E-state index in [4.69, 9.17) is 9.57 Å². The van der Waals surface area contributed by atoms with Crippen LogP contribution in [0.5, 0.6) is 5.75 Å². The average Bonchev–Trinajstić information content (AvgIpc) is 2.45. The van der Waals surface area contributed by atoms with Gasteiger partial charge in [-0.05, 0) is 30.4 Å². The monoisotopic (exact) mass is 249 g/mol. The minimum absolute atomic E-state index is 0.681. The Morgan fingerprint density at radius 3 is 2.61 bits per heavy atom. The molecule has 0 spiro atoms. The van der Waals surface area contributed by atoms with Crippen LogP contribution in [0, 0.1) is 0 Å². The molecule has 0 aliphatic heterocycles. The second-order valence-electron chi connectivity index (χ2n) is 4.93. The highest BCUT2D eigenvalue weighted by molar-refractivity contribution is 5.38. The van der Waals surface area contributed by atoms with Gasteiger partial charge in [-0.2, -0.15) is 5.48 Å². The predicted molar refractivity (Wildman–Crippen MR) is 72.7 cm³/mol. The molecule has 0 amide bonds. The zero-order valence-electron chi connectivity index (χ0n) is 11.4. The fraction of sp³-hybridized carbons (Fsp3) is 0.600. The molecule has 1 aromatic carbocycles. The van der Waals surface area contributed by atoms with E-state index in [2.05, 4.69) is 23.7 Å². The van der Waals surface area contributed by atoms with Gasteiger partial charge in [-0.15, -0.1) is 0 Å². The van der Waals surface area contributed by atoms with E-state index in [1.807, 2.05) is 0 Å². The van der Waals surface area contributed by atoms with Crippen LogP contribution in [0.25, 0.3) is 0 Å². The third-order valence-corrected chi connectivity index (χ3v) is 3.79. The van der Waals surface area contributed by atoms with Crippen molar-refractivity contribution in [3.8, 4) is 5.75 Å². The molecule has 1 N–H and O–H groups in total. The summed E-state index contributed by atoms with van der Waals surface area (Å²) in [5.41, 5.74) is 5.51. The lowest BCUT2D eigenvalue weighted by Crippen LogP contribution is -2.12. The maximum absolute atomic E-state index is 5.39. The first-order valence-corrected chi connectivity index (χ1v) is 6.78. The zero-order valence-corrected chi connectivity index (χ0v) is 11.4. The van der Waals surface area contributed by atoms with Gasteiger partial charge < -0.3 is 9.57 Å². The lowest BCUT2D eigenvalue weighted by molar-refractivity contribution is 0.0861. The molecule has 1 aromatic rings. The summed E-state index contributed by atoms with van der Waals surface area (Å²) in [6.45, 7) is 0.681. The van der Waals surface area contributed by atoms with E-state index in [-0.39, 0.29) is 0 Å². The van der Waals surface area contributed by atoms with Gasteiger partial charge in [0.1, 0.15) is 5.75 Å². The lowest BCUT2D eigenvalue weighted by atomic mass is 9.83. The summed E-state index contributed by atoms with van der Waals surface area (Å²) >= 11 is 0. The van der Waals surface area contributed by atoms with Gasteiger partial charge in [-0.3, -0.25) is 0 Å². The zero-order chi connectivity index (χ0) is 12.8. The molecule has 1 saturated carbocycles. The quantitative estimate of drug-likeness (QED) is 0.811. The highest BCUT2D eigenvalue weighted by atomic mass is 16.6. The van der Waals surface area contributed by atoms with Crippen LogP contribution in [0.2, 0.25) is 0 Å². The Bertz CT molecular complexity index is 373. The SMILES string of the molecule is CONCc1cc(C2CCCCC2)ccc1OC. The predicted octanol–water partition coefficient (Wildman–Crippen LogP) is 3.39. The van der Waals surface area contributed by atoms with Crippen LogP contribution >= 0.6 is 0 Å². The van der Waals surface area contributed by atoms with Gasteiger partial charge >= 0.3 is 0 Å². The smallest absolute Gasteiger partial charge is 0.123 e. The topological polar surface area (TPSA) is 30.5 Å². The van der Waals surface area contributed by atoms with Crippen LogP contribution in [0.15, 0.2) is 18.2 Å². The van der Waals surface area contributed by atoms with Crippen LogP contribution in [0.3, 0.4) is 0 Å². The van der Waals surface area contributed by atoms with Gasteiger partial charge in [-0.25, -0.2) is 0 Å². The molecule has 1 aliphatic carbocycles. The molecule has 0 radical (unpaired) electrons. The van der Waals surface area contributed by atoms with Crippen molar-refractivity contribution in [2.45, 2.75) is 44.6 Å². The van der Waals surface area contributed by atoms with Crippen LogP contribution in [0.1, 0.15) is 49.1 Å². The highest BCUT2D eigenvalue weighted by Crippen LogP contribution is 2.34. The maximum Gasteiger partial charge on any atom is 0.123 e. The van der Waals surface area contributed by atoms with E-state index in [0.29, 0.717) is 6.54 Å². The Morgan fingerprint density at radius 1 is 1.17 bits per heavy atom. The molecular weight excluding hydrogens is 226 g/mol. The number of hydrogen-bond acceptors (Lipinski definition) is 3. The van der Waals surface area contributed by atoms with E-state index in [1.165, 1.54) is 43.2 Å². The molecule has 0 saturated heterocycles. The summed E-state index contributed by atoms with van der Waals surface area (Å²) in [7, 11) is 3.35. The fourth-order valence-electron chi connectivity index (χ4n) is 2.78. The second-order valence-corrected chi connectivity index (χ2v) is 4.93. The number of benzene rings is 1. The molecule has 0 aromatic heterocycles. The van der Waals surface area contributed by atoms with E-state index >= 15 is 0 Å². The minimum Gasteiger partial charge on any atom is -0.496 e. The molecule has 0 atom stereocenters. The summed E-state index contributed by atoms with van der Waals surface area (Å²) in [6.07, 6.45) is 6.77. The van der Waals surface area contributed by atoms with Gasteiger partial charge in [0.2, 0.25) is 0 Å². The summed E-state index contributed by atoms with van der Waals surface area (Å²) in [5, 5.41) is 0. The van der Waals surface area contributed by atoms with Gasteiger partial charge in [0.05, 0.1) is 14.2 Å². The number of nitrogens with one attached hydrogen (secondary N) is 1. The first-order chi connectivity index (χ1) is 8.85. The van der Waals surface area contributed by atoms with Crippen LogP contribution in [-0.2, 0) is 11.4 Å². The summed E-state index contributed by atoms with van der Waals surface area (Å²) in [6, 6.07) is 6.56. The first kappa shape index (κ1) is 13.4. The van der Waals surface area contributed by atoms with Crippen LogP contribution in [-0.4, -0.2) is 14.2 Å². The second kappa shape index (κ2) is 6.76. The Morgan fingerprint density at radius 2 is 1.94 bits per heavy atom. The third kappa shape index (κ3) is 3.24. The van der Waals surface area contributed by atoms with Crippen molar-refractivity contribution in [3.63, 3.8) is 0 Å². The molecule has 0 unspecified atom stereocenters. The van der Waals surface area contributed by atoms with Gasteiger partial charge in [0.25, 0.3) is 0 Å². The molecule has 100 valence electrons. The number of hydroxylamine groups is 1. The molecule has 0 bridgehead atoms. The van der Waals surface area contributed by atoms with Gasteiger partial charge in [0, 0.05) is 12.1 Å². The average molecular weight is 249 g/mol. The van der Waals surface area contributed by atoms with E-state index in [0.717, 1.165) is 11.7 Å². The summed E-state index contributed by atoms with van der Waals surface area (Å²) < 4.78 is 5.39. The Kier molecular flexibility index (Phi) is 5.02. The molecule has 2 rings (SSSR count). The molecular formula is C15H23NO2. The highest BCUT2D eigenvalue weighted by Gasteiger charge is 2.16. The van der Waals surface area contributed by atoms with Gasteiger partial charge in [0.15, 0.2) is 0 Å². The van der Waals surface area contributed by atoms with Crippen molar-refractivity contribution < 1.29 is 9.57 Å². The normalized spacial score (nSPS) is 16.8.